The van der Waals surface area contributed by atoms with Crippen molar-refractivity contribution in [3.05, 3.63) is 118 Å². The molecular formula is C34H35Cl2N3O6S. The van der Waals surface area contributed by atoms with Crippen LogP contribution in [0.4, 0.5) is 5.69 Å². The van der Waals surface area contributed by atoms with E-state index < -0.39 is 34.4 Å². The fraction of sp³-hybridized carbons (Fsp3) is 0.235. The zero-order valence-electron chi connectivity index (χ0n) is 25.7. The Bertz CT molecular complexity index is 1760. The molecule has 9 nitrogen and oxygen atoms in total. The average Bonchev–Trinajstić information content (AvgIpc) is 3.06. The van der Waals surface area contributed by atoms with E-state index in [1.165, 1.54) is 37.3 Å². The van der Waals surface area contributed by atoms with Crippen LogP contribution < -0.4 is 19.1 Å². The summed E-state index contributed by atoms with van der Waals surface area (Å²) in [4.78, 5) is 29.6. The number of hydrogen-bond donors (Lipinski definition) is 1. The van der Waals surface area contributed by atoms with Crippen LogP contribution in [0.25, 0.3) is 0 Å². The number of hydrogen-bond acceptors (Lipinski definition) is 6. The SMILES string of the molecule is CCNC(=O)C(Cc1ccccc1)N(Cc1ccc(Cl)cc1Cl)C(=O)CN(c1cc(OC)ccc1OC)S(=O)(=O)c1ccccc1. The third-order valence-electron chi connectivity index (χ3n) is 7.24. The van der Waals surface area contributed by atoms with E-state index in [2.05, 4.69) is 5.32 Å². The van der Waals surface area contributed by atoms with Crippen LogP contribution in [0.1, 0.15) is 18.1 Å². The van der Waals surface area contributed by atoms with Crippen molar-refractivity contribution in [2.75, 3.05) is 31.6 Å². The zero-order chi connectivity index (χ0) is 33.3. The summed E-state index contributed by atoms with van der Waals surface area (Å²) in [6, 6.07) is 25.5. The number of methoxy groups -OCH3 is 2. The smallest absolute Gasteiger partial charge is 0.264 e. The second-order valence-electron chi connectivity index (χ2n) is 10.2. The highest BCUT2D eigenvalue weighted by Gasteiger charge is 2.36. The van der Waals surface area contributed by atoms with Gasteiger partial charge in [0.05, 0.1) is 24.8 Å². The minimum atomic E-state index is -4.34. The summed E-state index contributed by atoms with van der Waals surface area (Å²) >= 11 is 12.7. The number of amides is 2. The number of likely N-dealkylation sites (N-methyl/N-ethyl adjacent to an activating group) is 1. The molecule has 1 N–H and O–H groups in total. The van der Waals surface area contributed by atoms with Gasteiger partial charge in [-0.25, -0.2) is 8.42 Å². The van der Waals surface area contributed by atoms with Crippen LogP contribution in [-0.4, -0.2) is 58.5 Å². The summed E-state index contributed by atoms with van der Waals surface area (Å²) in [5, 5.41) is 3.53. The van der Waals surface area contributed by atoms with Gasteiger partial charge in [0.1, 0.15) is 24.1 Å². The molecule has 1 atom stereocenters. The lowest BCUT2D eigenvalue weighted by Crippen LogP contribution is -2.53. The Hall–Kier alpha value is -4.25. The van der Waals surface area contributed by atoms with Gasteiger partial charge in [-0.2, -0.15) is 0 Å². The average molecular weight is 685 g/mol. The van der Waals surface area contributed by atoms with Gasteiger partial charge in [0.2, 0.25) is 11.8 Å². The number of carbonyl (C=O) groups is 2. The Morgan fingerprint density at radius 2 is 1.54 bits per heavy atom. The number of sulfonamides is 1. The van der Waals surface area contributed by atoms with Gasteiger partial charge < -0.3 is 19.7 Å². The van der Waals surface area contributed by atoms with E-state index in [-0.39, 0.29) is 29.3 Å². The van der Waals surface area contributed by atoms with E-state index in [1.807, 2.05) is 30.3 Å². The predicted octanol–water partition coefficient (Wildman–Crippen LogP) is 5.98. The van der Waals surface area contributed by atoms with E-state index in [4.69, 9.17) is 32.7 Å². The van der Waals surface area contributed by atoms with Gasteiger partial charge in [-0.05, 0) is 54.4 Å². The van der Waals surface area contributed by atoms with E-state index in [0.717, 1.165) is 9.87 Å². The summed E-state index contributed by atoms with van der Waals surface area (Å²) in [6.07, 6.45) is 0.164. The lowest BCUT2D eigenvalue weighted by molar-refractivity contribution is -0.140. The van der Waals surface area contributed by atoms with Gasteiger partial charge in [0.15, 0.2) is 0 Å². The van der Waals surface area contributed by atoms with Gasteiger partial charge in [-0.15, -0.1) is 0 Å². The maximum atomic E-state index is 14.6. The van der Waals surface area contributed by atoms with Crippen LogP contribution in [-0.2, 0) is 32.6 Å². The molecule has 242 valence electrons. The van der Waals surface area contributed by atoms with Crippen LogP contribution in [0.2, 0.25) is 10.0 Å². The summed E-state index contributed by atoms with van der Waals surface area (Å²) in [5.41, 5.74) is 1.42. The minimum absolute atomic E-state index is 0.0375. The van der Waals surface area contributed by atoms with Gasteiger partial charge in [0, 0.05) is 35.6 Å². The van der Waals surface area contributed by atoms with Crippen LogP contribution in [0.15, 0.2) is 102 Å². The van der Waals surface area contributed by atoms with Gasteiger partial charge in [-0.1, -0.05) is 77.8 Å². The molecule has 1 unspecified atom stereocenters. The number of ether oxygens (including phenoxy) is 2. The molecule has 0 fully saturated rings. The highest BCUT2D eigenvalue weighted by atomic mass is 35.5. The van der Waals surface area contributed by atoms with Crippen molar-refractivity contribution in [1.29, 1.82) is 0 Å². The van der Waals surface area contributed by atoms with Crippen molar-refractivity contribution in [2.45, 2.75) is 30.8 Å². The van der Waals surface area contributed by atoms with Crippen LogP contribution in [0.3, 0.4) is 0 Å². The number of halogens is 2. The molecule has 0 aliphatic carbocycles. The molecular weight excluding hydrogens is 649 g/mol. The van der Waals surface area contributed by atoms with Crippen molar-refractivity contribution in [2.24, 2.45) is 0 Å². The summed E-state index contributed by atoms with van der Waals surface area (Å²) < 4.78 is 40.4. The Morgan fingerprint density at radius 3 is 2.15 bits per heavy atom. The molecule has 0 radical (unpaired) electrons. The Labute approximate surface area is 279 Å². The third kappa shape index (κ3) is 8.31. The second kappa shape index (κ2) is 15.8. The Kier molecular flexibility index (Phi) is 11.9. The molecule has 0 saturated carbocycles. The summed E-state index contributed by atoms with van der Waals surface area (Å²) in [7, 11) is -1.48. The number of nitrogens with one attached hydrogen (secondary N) is 1. The molecule has 0 aliphatic heterocycles. The zero-order valence-corrected chi connectivity index (χ0v) is 28.0. The standard InChI is InChI=1S/C34H35Cl2N3O6S/c1-4-37-34(41)31(19-24-11-7-5-8-12-24)38(22-25-15-16-26(35)20-29(25)36)33(40)23-39(46(42,43)28-13-9-6-10-14-28)30-21-27(44-2)17-18-32(30)45-3/h5-18,20-21,31H,4,19,22-23H2,1-3H3,(H,37,41). The van der Waals surface area contributed by atoms with Crippen LogP contribution in [0.5, 0.6) is 11.5 Å². The highest BCUT2D eigenvalue weighted by molar-refractivity contribution is 7.92. The second-order valence-corrected chi connectivity index (χ2v) is 12.9. The molecule has 4 aromatic carbocycles. The number of rotatable bonds is 14. The summed E-state index contributed by atoms with van der Waals surface area (Å²) in [6.45, 7) is 1.33. The first kappa shape index (κ1) is 34.6. The van der Waals surface area contributed by atoms with Crippen LogP contribution >= 0.6 is 23.2 Å². The molecule has 0 bridgehead atoms. The monoisotopic (exact) mass is 683 g/mol. The number of anilines is 1. The first-order chi connectivity index (χ1) is 22.1. The quantitative estimate of drug-likeness (QED) is 0.175. The molecule has 0 aliphatic rings. The maximum absolute atomic E-state index is 14.6. The van der Waals surface area contributed by atoms with Crippen molar-refractivity contribution >= 4 is 50.7 Å². The molecule has 0 aromatic heterocycles. The van der Waals surface area contributed by atoms with Crippen molar-refractivity contribution in [1.82, 2.24) is 10.2 Å². The normalized spacial score (nSPS) is 11.8. The summed E-state index contributed by atoms with van der Waals surface area (Å²) in [5.74, 6) is -0.501. The van der Waals surface area contributed by atoms with Gasteiger partial charge >= 0.3 is 0 Å². The third-order valence-corrected chi connectivity index (χ3v) is 9.60. The first-order valence-corrected chi connectivity index (χ1v) is 16.6. The number of nitrogens with zero attached hydrogens (tertiary/aromatic N) is 2. The lowest BCUT2D eigenvalue weighted by Gasteiger charge is -2.34. The van der Waals surface area contributed by atoms with Crippen molar-refractivity contribution in [3.63, 3.8) is 0 Å². The first-order valence-electron chi connectivity index (χ1n) is 14.4. The maximum Gasteiger partial charge on any atom is 0.264 e. The van der Waals surface area contributed by atoms with Gasteiger partial charge in [-0.3, -0.25) is 13.9 Å². The van der Waals surface area contributed by atoms with E-state index >= 15 is 0 Å². The molecule has 0 spiro atoms. The molecule has 4 aromatic rings. The molecule has 12 heteroatoms. The Balaban J connectivity index is 1.87. The van der Waals surface area contributed by atoms with Gasteiger partial charge in [0.25, 0.3) is 10.0 Å². The van der Waals surface area contributed by atoms with Crippen LogP contribution in [0, 0.1) is 0 Å². The van der Waals surface area contributed by atoms with Crippen molar-refractivity contribution in [3.8, 4) is 11.5 Å². The molecule has 2 amide bonds. The fourth-order valence-electron chi connectivity index (χ4n) is 4.90. The van der Waals surface area contributed by atoms with E-state index in [9.17, 15) is 18.0 Å². The number of benzene rings is 4. The predicted molar refractivity (Wildman–Crippen MR) is 180 cm³/mol. The molecule has 4 rings (SSSR count). The Morgan fingerprint density at radius 1 is 0.870 bits per heavy atom. The highest BCUT2D eigenvalue weighted by Crippen LogP contribution is 2.36. The lowest BCUT2D eigenvalue weighted by atomic mass is 10.0. The largest absolute Gasteiger partial charge is 0.497 e. The van der Waals surface area contributed by atoms with Crippen molar-refractivity contribution < 1.29 is 27.5 Å². The van der Waals surface area contributed by atoms with E-state index in [1.54, 1.807) is 55.5 Å². The molecule has 46 heavy (non-hydrogen) atoms. The van der Waals surface area contributed by atoms with E-state index in [0.29, 0.717) is 27.9 Å². The topological polar surface area (TPSA) is 105 Å². The number of carbonyl (C=O) groups excluding carboxylic acids is 2. The fourth-order valence-corrected chi connectivity index (χ4v) is 6.81. The molecule has 0 saturated heterocycles. The minimum Gasteiger partial charge on any atom is -0.497 e. The molecule has 0 heterocycles.